The lowest BCUT2D eigenvalue weighted by molar-refractivity contribution is 0.0957. The maximum Gasteiger partial charge on any atom is 0.324 e. The number of fused-ring (bicyclic) bond motifs is 1. The Morgan fingerprint density at radius 3 is 2.33 bits per heavy atom. The van der Waals surface area contributed by atoms with E-state index in [-0.39, 0.29) is 23.6 Å². The molecule has 4 N–H and O–H groups in total. The van der Waals surface area contributed by atoms with Crippen molar-refractivity contribution in [3.8, 4) is 11.4 Å². The van der Waals surface area contributed by atoms with Crippen molar-refractivity contribution >= 4 is 45.9 Å². The second kappa shape index (κ2) is 13.8. The Bertz CT molecular complexity index is 2120. The molecule has 6 rings (SSSR count). The molecule has 3 amide bonds. The quantitative estimate of drug-likeness (QED) is 0.128. The molecule has 248 valence electrons. The number of urea groups is 1. The highest BCUT2D eigenvalue weighted by Gasteiger charge is 2.22. The Balaban J connectivity index is 1.16. The number of carbonyl (C=O) groups excluding carboxylic acids is 2. The fourth-order valence-corrected chi connectivity index (χ4v) is 5.06. The molecular formula is C37H37N9O3. The lowest BCUT2D eigenvalue weighted by atomic mass is 9.92. The third kappa shape index (κ3) is 7.65. The molecule has 3 aromatic heterocycles. The Morgan fingerprint density at radius 2 is 1.61 bits per heavy atom. The van der Waals surface area contributed by atoms with E-state index in [1.165, 1.54) is 19.4 Å². The number of ether oxygens (including phenoxy) is 1. The van der Waals surface area contributed by atoms with E-state index in [1.54, 1.807) is 10.9 Å². The number of carbonyl (C=O) groups is 2. The van der Waals surface area contributed by atoms with Crippen LogP contribution in [0.15, 0.2) is 97.5 Å². The van der Waals surface area contributed by atoms with Gasteiger partial charge in [0.1, 0.15) is 35.5 Å². The van der Waals surface area contributed by atoms with Crippen molar-refractivity contribution in [1.29, 1.82) is 0 Å². The number of benzene rings is 3. The van der Waals surface area contributed by atoms with Crippen molar-refractivity contribution < 1.29 is 14.3 Å². The molecule has 0 aliphatic carbocycles. The van der Waals surface area contributed by atoms with Gasteiger partial charge in [-0.3, -0.25) is 10.1 Å². The second-order valence-electron chi connectivity index (χ2n) is 12.5. The number of nitrogens with one attached hydrogen (secondary N) is 4. The van der Waals surface area contributed by atoms with Crippen LogP contribution in [0.25, 0.3) is 16.5 Å². The first-order valence-electron chi connectivity index (χ1n) is 15.7. The number of hydrogen-bond donors (Lipinski definition) is 4. The number of anilines is 4. The van der Waals surface area contributed by atoms with Crippen molar-refractivity contribution in [3.63, 3.8) is 0 Å². The van der Waals surface area contributed by atoms with Crippen LogP contribution < -0.4 is 26.0 Å². The summed E-state index contributed by atoms with van der Waals surface area (Å²) in [5, 5.41) is 18.1. The van der Waals surface area contributed by atoms with Crippen molar-refractivity contribution in [2.75, 3.05) is 23.0 Å². The van der Waals surface area contributed by atoms with E-state index in [4.69, 9.17) is 9.84 Å². The Labute approximate surface area is 284 Å². The van der Waals surface area contributed by atoms with Crippen molar-refractivity contribution in [2.45, 2.75) is 39.7 Å². The lowest BCUT2D eigenvalue weighted by Crippen LogP contribution is -2.21. The van der Waals surface area contributed by atoms with Crippen LogP contribution in [0.4, 0.5) is 27.9 Å². The molecule has 0 bridgehead atoms. The molecule has 12 nitrogen and oxygen atoms in total. The van der Waals surface area contributed by atoms with Gasteiger partial charge in [0.25, 0.3) is 5.91 Å². The summed E-state index contributed by atoms with van der Waals surface area (Å²) in [7, 11) is 1.54. The van der Waals surface area contributed by atoms with Crippen LogP contribution in [0.3, 0.4) is 0 Å². The van der Waals surface area contributed by atoms with Gasteiger partial charge in [0, 0.05) is 35.5 Å². The number of nitrogens with zero attached hydrogens (tertiary/aromatic N) is 5. The van der Waals surface area contributed by atoms with Crippen LogP contribution in [0.1, 0.15) is 48.1 Å². The number of hydrogen-bond acceptors (Lipinski definition) is 8. The molecule has 0 atom stereocenters. The van der Waals surface area contributed by atoms with E-state index in [0.717, 1.165) is 33.3 Å². The Morgan fingerprint density at radius 1 is 0.837 bits per heavy atom. The molecule has 0 saturated heterocycles. The summed E-state index contributed by atoms with van der Waals surface area (Å²) in [6, 6.07) is 24.6. The first kappa shape index (κ1) is 32.6. The van der Waals surface area contributed by atoms with Gasteiger partial charge in [0.2, 0.25) is 0 Å². The molecule has 0 unspecified atom stereocenters. The third-order valence-corrected chi connectivity index (χ3v) is 7.72. The fourth-order valence-electron chi connectivity index (χ4n) is 5.06. The second-order valence-corrected chi connectivity index (χ2v) is 12.5. The van der Waals surface area contributed by atoms with Gasteiger partial charge < -0.3 is 20.7 Å². The van der Waals surface area contributed by atoms with E-state index in [0.29, 0.717) is 28.9 Å². The van der Waals surface area contributed by atoms with Crippen molar-refractivity contribution in [3.05, 3.63) is 120 Å². The summed E-state index contributed by atoms with van der Waals surface area (Å²) in [6.07, 6.45) is 4.54. The highest BCUT2D eigenvalue weighted by molar-refractivity contribution is 6.07. The van der Waals surface area contributed by atoms with Gasteiger partial charge in [0.05, 0.1) is 29.5 Å². The van der Waals surface area contributed by atoms with E-state index in [1.807, 2.05) is 85.8 Å². The summed E-state index contributed by atoms with van der Waals surface area (Å²) in [6.45, 7) is 8.57. The Hall–Kier alpha value is -6.30. The molecule has 0 aliphatic heterocycles. The summed E-state index contributed by atoms with van der Waals surface area (Å²) in [5.74, 6) is 1.92. The molecule has 12 heteroatoms. The fraction of sp³-hybridized carbons (Fsp3) is 0.189. The number of pyridine rings is 1. The maximum absolute atomic E-state index is 13.4. The van der Waals surface area contributed by atoms with Crippen LogP contribution >= 0.6 is 0 Å². The first-order valence-corrected chi connectivity index (χ1v) is 15.7. The van der Waals surface area contributed by atoms with Gasteiger partial charge in [-0.25, -0.2) is 24.4 Å². The topological polar surface area (TPSA) is 148 Å². The molecule has 0 aliphatic rings. The smallest absolute Gasteiger partial charge is 0.324 e. The molecule has 0 spiro atoms. The molecular weight excluding hydrogens is 618 g/mol. The van der Waals surface area contributed by atoms with Crippen molar-refractivity contribution in [1.82, 2.24) is 30.0 Å². The van der Waals surface area contributed by atoms with E-state index >= 15 is 0 Å². The van der Waals surface area contributed by atoms with Crippen LogP contribution in [0, 0.1) is 6.92 Å². The monoisotopic (exact) mass is 655 g/mol. The average Bonchev–Trinajstić information content (AvgIpc) is 3.53. The maximum atomic E-state index is 13.4. The van der Waals surface area contributed by atoms with Crippen LogP contribution in [-0.4, -0.2) is 43.7 Å². The minimum Gasteiger partial charge on any atom is -0.488 e. The average molecular weight is 656 g/mol. The number of aryl methyl sites for hydroxylation is 1. The van der Waals surface area contributed by atoms with Crippen molar-refractivity contribution in [2.24, 2.45) is 0 Å². The highest BCUT2D eigenvalue weighted by Crippen LogP contribution is 2.33. The zero-order valence-electron chi connectivity index (χ0n) is 27.9. The van der Waals surface area contributed by atoms with Gasteiger partial charge in [-0.2, -0.15) is 5.10 Å². The number of amides is 3. The van der Waals surface area contributed by atoms with Gasteiger partial charge in [0.15, 0.2) is 0 Å². The SMILES string of the molecule is CNC(=O)c1cnc(Nc2cc(COc3ccc(NC(=O)Nc4cc(C(C)(C)C)nn4-c4ccc(C)cc4)c4ccccc34)ccn2)cn1. The molecule has 0 radical (unpaired) electrons. The molecule has 3 aromatic carbocycles. The van der Waals surface area contributed by atoms with Gasteiger partial charge in [-0.05, 0) is 48.9 Å². The first-order chi connectivity index (χ1) is 23.6. The van der Waals surface area contributed by atoms with E-state index in [2.05, 4.69) is 57.0 Å². The van der Waals surface area contributed by atoms with Gasteiger partial charge in [-0.15, -0.1) is 0 Å². The Kier molecular flexibility index (Phi) is 9.20. The van der Waals surface area contributed by atoms with Gasteiger partial charge >= 0.3 is 6.03 Å². The zero-order valence-corrected chi connectivity index (χ0v) is 27.9. The summed E-state index contributed by atoms with van der Waals surface area (Å²) in [5.41, 5.74) is 4.37. The molecule has 49 heavy (non-hydrogen) atoms. The van der Waals surface area contributed by atoms with Crippen LogP contribution in [0.2, 0.25) is 0 Å². The molecule has 3 heterocycles. The molecule has 0 saturated carbocycles. The highest BCUT2D eigenvalue weighted by atomic mass is 16.5. The largest absolute Gasteiger partial charge is 0.488 e. The minimum atomic E-state index is -0.391. The number of rotatable bonds is 9. The summed E-state index contributed by atoms with van der Waals surface area (Å²) < 4.78 is 8.02. The normalized spacial score (nSPS) is 11.2. The summed E-state index contributed by atoms with van der Waals surface area (Å²) in [4.78, 5) is 37.9. The number of aromatic nitrogens is 5. The predicted octanol–water partition coefficient (Wildman–Crippen LogP) is 7.14. The standard InChI is InChI=1S/C37H37N9O3/c1-23-10-12-25(13-11-23)46-34(19-31(45-46)37(2,3)4)44-36(48)42-28-14-15-30(27-9-7-6-8-26(27)28)49-22-24-16-17-39-32(18-24)43-33-21-40-29(20-41-33)35(47)38-5/h6-21H,22H2,1-5H3,(H,38,47)(H,39,41,43)(H2,42,44,48). The molecule has 6 aromatic rings. The van der Waals surface area contributed by atoms with Crippen LogP contribution in [-0.2, 0) is 12.0 Å². The third-order valence-electron chi connectivity index (χ3n) is 7.72. The van der Waals surface area contributed by atoms with Gasteiger partial charge in [-0.1, -0.05) is 62.7 Å². The van der Waals surface area contributed by atoms with E-state index < -0.39 is 6.03 Å². The predicted molar refractivity (Wildman–Crippen MR) is 191 cm³/mol. The summed E-state index contributed by atoms with van der Waals surface area (Å²) >= 11 is 0. The lowest BCUT2D eigenvalue weighted by Gasteiger charge is -2.15. The van der Waals surface area contributed by atoms with Crippen LogP contribution in [0.5, 0.6) is 5.75 Å². The minimum absolute atomic E-state index is 0.209. The zero-order chi connectivity index (χ0) is 34.5. The molecule has 0 fully saturated rings. The van der Waals surface area contributed by atoms with E-state index in [9.17, 15) is 9.59 Å².